The highest BCUT2D eigenvalue weighted by atomic mass is 32.2. The summed E-state index contributed by atoms with van der Waals surface area (Å²) in [7, 11) is -3.05. The molecule has 34 heavy (non-hydrogen) atoms. The van der Waals surface area contributed by atoms with E-state index in [2.05, 4.69) is 67.1 Å². The number of nitrogens with one attached hydrogen (secondary N) is 1. The van der Waals surface area contributed by atoms with E-state index in [9.17, 15) is 13.2 Å². The van der Waals surface area contributed by atoms with E-state index in [-0.39, 0.29) is 23.5 Å². The first-order chi connectivity index (χ1) is 16.1. The summed E-state index contributed by atoms with van der Waals surface area (Å²) in [4.78, 5) is 17.6. The molecular formula is C26H31N3O3S2. The van der Waals surface area contributed by atoms with Gasteiger partial charge in [-0.05, 0) is 37.8 Å². The van der Waals surface area contributed by atoms with Crippen molar-refractivity contribution < 1.29 is 13.2 Å². The van der Waals surface area contributed by atoms with Crippen LogP contribution in [0.4, 0.5) is 0 Å². The fraction of sp³-hybridized carbons (Fsp3) is 0.385. The molecule has 1 aliphatic heterocycles. The standard InChI is InChI=1S/C26H31N3O3S2/c1-17(2)22-7-5-6-8-23(22)29-24(20-11-9-18(3)10-12-20)15-27-26(29)33-19(4)25(30)28-21-13-14-34(31,32)16-21/h5-12,15,17,19,21H,13-14,16H2,1-4H3,(H,28,30)/t19-,21-/m1/s1. The van der Waals surface area contributed by atoms with Crippen molar-refractivity contribution in [2.24, 2.45) is 0 Å². The Morgan fingerprint density at radius 2 is 1.82 bits per heavy atom. The van der Waals surface area contributed by atoms with Crippen molar-refractivity contribution in [3.8, 4) is 16.9 Å². The van der Waals surface area contributed by atoms with Crippen LogP contribution in [0, 0.1) is 6.92 Å². The van der Waals surface area contributed by atoms with Crippen molar-refractivity contribution >= 4 is 27.5 Å². The molecule has 0 spiro atoms. The summed E-state index contributed by atoms with van der Waals surface area (Å²) in [5, 5.41) is 3.21. The van der Waals surface area contributed by atoms with Gasteiger partial charge in [0.1, 0.15) is 0 Å². The zero-order chi connectivity index (χ0) is 24.5. The number of hydrogen-bond donors (Lipinski definition) is 1. The molecule has 0 unspecified atom stereocenters. The normalized spacial score (nSPS) is 18.2. The lowest BCUT2D eigenvalue weighted by atomic mass is 10.0. The van der Waals surface area contributed by atoms with Crippen LogP contribution in [0.2, 0.25) is 0 Å². The summed E-state index contributed by atoms with van der Waals surface area (Å²) in [5.41, 5.74) is 5.44. The Bertz CT molecular complexity index is 1280. The molecule has 180 valence electrons. The fourth-order valence-electron chi connectivity index (χ4n) is 4.20. The van der Waals surface area contributed by atoms with Crippen LogP contribution in [0.5, 0.6) is 0 Å². The number of para-hydroxylation sites is 1. The van der Waals surface area contributed by atoms with Gasteiger partial charge in [-0.2, -0.15) is 0 Å². The van der Waals surface area contributed by atoms with Gasteiger partial charge in [0.15, 0.2) is 15.0 Å². The van der Waals surface area contributed by atoms with Crippen molar-refractivity contribution in [2.45, 2.75) is 56.5 Å². The van der Waals surface area contributed by atoms with Gasteiger partial charge in [-0.25, -0.2) is 13.4 Å². The summed E-state index contributed by atoms with van der Waals surface area (Å²) in [6.07, 6.45) is 2.33. The number of thioether (sulfide) groups is 1. The summed E-state index contributed by atoms with van der Waals surface area (Å²) in [5.74, 6) is 0.294. The molecule has 6 nitrogen and oxygen atoms in total. The van der Waals surface area contributed by atoms with Gasteiger partial charge in [0.25, 0.3) is 0 Å². The SMILES string of the molecule is Cc1ccc(-c2cnc(S[C@H](C)C(=O)N[C@@H]3CCS(=O)(=O)C3)n2-c2ccccc2C(C)C)cc1. The second kappa shape index (κ2) is 9.96. The van der Waals surface area contributed by atoms with Crippen LogP contribution in [0.15, 0.2) is 59.9 Å². The van der Waals surface area contributed by atoms with Crippen molar-refractivity contribution in [1.82, 2.24) is 14.9 Å². The van der Waals surface area contributed by atoms with E-state index in [4.69, 9.17) is 4.98 Å². The number of nitrogens with zero attached hydrogens (tertiary/aromatic N) is 2. The van der Waals surface area contributed by atoms with Gasteiger partial charge < -0.3 is 5.32 Å². The third kappa shape index (κ3) is 5.39. The maximum absolute atomic E-state index is 12.9. The van der Waals surface area contributed by atoms with E-state index in [1.165, 1.54) is 22.9 Å². The summed E-state index contributed by atoms with van der Waals surface area (Å²) in [6.45, 7) is 8.23. The van der Waals surface area contributed by atoms with Crippen LogP contribution in [0.3, 0.4) is 0 Å². The van der Waals surface area contributed by atoms with E-state index in [0.717, 1.165) is 22.1 Å². The number of carbonyl (C=O) groups is 1. The van der Waals surface area contributed by atoms with Gasteiger partial charge in [-0.3, -0.25) is 9.36 Å². The number of amides is 1. The summed E-state index contributed by atoms with van der Waals surface area (Å²) in [6, 6.07) is 16.3. The summed E-state index contributed by atoms with van der Waals surface area (Å²) >= 11 is 1.39. The largest absolute Gasteiger partial charge is 0.351 e. The lowest BCUT2D eigenvalue weighted by Gasteiger charge is -2.20. The molecule has 0 aliphatic carbocycles. The molecule has 1 aliphatic rings. The van der Waals surface area contributed by atoms with Crippen molar-refractivity contribution in [3.05, 3.63) is 65.9 Å². The molecule has 4 rings (SSSR count). The third-order valence-electron chi connectivity index (χ3n) is 6.11. The molecule has 0 saturated carbocycles. The molecule has 8 heteroatoms. The van der Waals surface area contributed by atoms with E-state index < -0.39 is 15.1 Å². The lowest BCUT2D eigenvalue weighted by molar-refractivity contribution is -0.120. The highest BCUT2D eigenvalue weighted by molar-refractivity contribution is 8.00. The minimum Gasteiger partial charge on any atom is -0.351 e. The maximum Gasteiger partial charge on any atom is 0.233 e. The third-order valence-corrected chi connectivity index (χ3v) is 8.94. The molecule has 3 aromatic rings. The Kier molecular flexibility index (Phi) is 7.19. The smallest absolute Gasteiger partial charge is 0.233 e. The van der Waals surface area contributed by atoms with E-state index in [1.54, 1.807) is 0 Å². The minimum absolute atomic E-state index is 0.0179. The van der Waals surface area contributed by atoms with Crippen molar-refractivity contribution in [2.75, 3.05) is 11.5 Å². The van der Waals surface area contributed by atoms with E-state index >= 15 is 0 Å². The average Bonchev–Trinajstić information content (AvgIpc) is 3.36. The zero-order valence-corrected chi connectivity index (χ0v) is 21.6. The first kappa shape index (κ1) is 24.5. The fourth-order valence-corrected chi connectivity index (χ4v) is 6.78. The molecule has 1 N–H and O–H groups in total. The number of hydrogen-bond acceptors (Lipinski definition) is 5. The van der Waals surface area contributed by atoms with Gasteiger partial charge in [0.2, 0.25) is 5.91 Å². The van der Waals surface area contributed by atoms with Crippen LogP contribution >= 0.6 is 11.8 Å². The number of carbonyl (C=O) groups excluding carboxylic acids is 1. The Labute approximate surface area is 206 Å². The summed E-state index contributed by atoms with van der Waals surface area (Å²) < 4.78 is 25.7. The molecule has 1 saturated heterocycles. The Hall–Kier alpha value is -2.58. The topological polar surface area (TPSA) is 81.1 Å². The molecular weight excluding hydrogens is 466 g/mol. The van der Waals surface area contributed by atoms with Gasteiger partial charge in [0.05, 0.1) is 34.3 Å². The molecule has 0 radical (unpaired) electrons. The Morgan fingerprint density at radius 3 is 2.47 bits per heavy atom. The number of aromatic nitrogens is 2. The number of imidazole rings is 1. The van der Waals surface area contributed by atoms with Crippen LogP contribution in [-0.2, 0) is 14.6 Å². The first-order valence-electron chi connectivity index (χ1n) is 11.6. The highest BCUT2D eigenvalue weighted by Gasteiger charge is 2.31. The Balaban J connectivity index is 1.68. The quantitative estimate of drug-likeness (QED) is 0.476. The predicted octanol–water partition coefficient (Wildman–Crippen LogP) is 4.76. The number of benzene rings is 2. The second-order valence-corrected chi connectivity index (χ2v) is 12.7. The number of sulfone groups is 1. The lowest BCUT2D eigenvalue weighted by Crippen LogP contribution is -2.40. The second-order valence-electron chi connectivity index (χ2n) is 9.21. The minimum atomic E-state index is -3.05. The van der Waals surface area contributed by atoms with Gasteiger partial charge in [0, 0.05) is 11.6 Å². The van der Waals surface area contributed by atoms with Gasteiger partial charge in [-0.1, -0.05) is 73.6 Å². The average molecular weight is 498 g/mol. The monoisotopic (exact) mass is 497 g/mol. The molecule has 0 bridgehead atoms. The van der Waals surface area contributed by atoms with Gasteiger partial charge in [-0.15, -0.1) is 0 Å². The van der Waals surface area contributed by atoms with Crippen molar-refractivity contribution in [1.29, 1.82) is 0 Å². The number of rotatable bonds is 7. The molecule has 2 aromatic carbocycles. The van der Waals surface area contributed by atoms with Crippen LogP contribution in [0.25, 0.3) is 16.9 Å². The van der Waals surface area contributed by atoms with E-state index in [1.807, 2.05) is 25.3 Å². The van der Waals surface area contributed by atoms with Gasteiger partial charge >= 0.3 is 0 Å². The first-order valence-corrected chi connectivity index (χ1v) is 14.3. The molecule has 2 atom stereocenters. The van der Waals surface area contributed by atoms with Crippen LogP contribution in [0.1, 0.15) is 44.2 Å². The molecule has 1 amide bonds. The predicted molar refractivity (Wildman–Crippen MR) is 138 cm³/mol. The Morgan fingerprint density at radius 1 is 1.12 bits per heavy atom. The maximum atomic E-state index is 12.9. The van der Waals surface area contributed by atoms with Crippen LogP contribution in [-0.4, -0.2) is 46.7 Å². The molecule has 1 aromatic heterocycles. The van der Waals surface area contributed by atoms with Crippen molar-refractivity contribution in [3.63, 3.8) is 0 Å². The number of aryl methyl sites for hydroxylation is 1. The molecule has 2 heterocycles. The van der Waals surface area contributed by atoms with Crippen LogP contribution < -0.4 is 5.32 Å². The zero-order valence-electron chi connectivity index (χ0n) is 20.0. The molecule has 1 fully saturated rings. The van der Waals surface area contributed by atoms with E-state index in [0.29, 0.717) is 12.3 Å². The highest BCUT2D eigenvalue weighted by Crippen LogP contribution is 2.35.